The molecule has 1 aromatic heterocycles. The number of benzene rings is 1. The molecule has 0 bridgehead atoms. The Kier molecular flexibility index (Phi) is 4.04. The van der Waals surface area contributed by atoms with Gasteiger partial charge in [0, 0.05) is 25.6 Å². The Balaban J connectivity index is 2.43. The largest absolute Gasteiger partial charge is 0.319 e. The highest BCUT2D eigenvalue weighted by Crippen LogP contribution is 2.27. The van der Waals surface area contributed by atoms with E-state index in [0.717, 1.165) is 35.2 Å². The molecule has 0 atom stereocenters. The monoisotopic (exact) mass is 263 g/mol. The van der Waals surface area contributed by atoms with Gasteiger partial charge in [0.05, 0.1) is 5.69 Å². The lowest BCUT2D eigenvalue weighted by atomic mass is 10.1. The third-order valence-corrected chi connectivity index (χ3v) is 3.56. The van der Waals surface area contributed by atoms with Crippen molar-refractivity contribution in [2.75, 3.05) is 13.6 Å². The van der Waals surface area contributed by atoms with Crippen molar-refractivity contribution in [3.05, 3.63) is 40.7 Å². The van der Waals surface area contributed by atoms with Crippen LogP contribution in [-0.2, 0) is 13.5 Å². The molecule has 0 aliphatic rings. The van der Waals surface area contributed by atoms with Gasteiger partial charge < -0.3 is 9.88 Å². The van der Waals surface area contributed by atoms with Crippen LogP contribution in [0.25, 0.3) is 11.4 Å². The summed E-state index contributed by atoms with van der Waals surface area (Å²) in [5.74, 6) is 0.934. The average molecular weight is 264 g/mol. The summed E-state index contributed by atoms with van der Waals surface area (Å²) in [7, 11) is 3.89. The van der Waals surface area contributed by atoms with Crippen molar-refractivity contribution in [2.24, 2.45) is 7.05 Å². The minimum absolute atomic E-state index is 0.725. The van der Waals surface area contributed by atoms with E-state index in [1.165, 1.54) is 5.56 Å². The van der Waals surface area contributed by atoms with Crippen LogP contribution in [-0.4, -0.2) is 23.1 Å². The van der Waals surface area contributed by atoms with Crippen molar-refractivity contribution in [2.45, 2.75) is 13.3 Å². The van der Waals surface area contributed by atoms with E-state index in [0.29, 0.717) is 0 Å². The Labute approximate surface area is 113 Å². The Morgan fingerprint density at radius 3 is 2.72 bits per heavy atom. The number of aryl methyl sites for hydroxylation is 1. The number of hydrogen-bond donors (Lipinski definition) is 1. The molecule has 0 spiro atoms. The fourth-order valence-corrected chi connectivity index (χ4v) is 2.22. The molecule has 1 heterocycles. The number of nitrogens with one attached hydrogen (secondary N) is 1. The fourth-order valence-electron chi connectivity index (χ4n) is 2.00. The number of imidazole rings is 1. The molecule has 2 aromatic rings. The zero-order valence-electron chi connectivity index (χ0n) is 11.0. The summed E-state index contributed by atoms with van der Waals surface area (Å²) in [4.78, 5) is 4.67. The van der Waals surface area contributed by atoms with Gasteiger partial charge in [-0.05, 0) is 19.5 Å². The first-order chi connectivity index (χ1) is 8.65. The first-order valence-corrected chi connectivity index (χ1v) is 6.44. The Morgan fingerprint density at radius 1 is 1.33 bits per heavy atom. The minimum Gasteiger partial charge on any atom is -0.319 e. The third kappa shape index (κ3) is 2.42. The second-order valence-corrected chi connectivity index (χ2v) is 4.76. The fraction of sp³-hybridized carbons (Fsp3) is 0.357. The van der Waals surface area contributed by atoms with Crippen LogP contribution in [0.3, 0.4) is 0 Å². The number of nitrogens with zero attached hydrogens (tertiary/aromatic N) is 2. The maximum atomic E-state index is 6.32. The van der Waals surface area contributed by atoms with Gasteiger partial charge in [-0.1, -0.05) is 35.9 Å². The van der Waals surface area contributed by atoms with Gasteiger partial charge in [-0.25, -0.2) is 4.98 Å². The van der Waals surface area contributed by atoms with Gasteiger partial charge in [0.15, 0.2) is 0 Å². The summed E-state index contributed by atoms with van der Waals surface area (Å²) in [5.41, 5.74) is 3.30. The van der Waals surface area contributed by atoms with E-state index in [1.54, 1.807) is 0 Å². The topological polar surface area (TPSA) is 29.9 Å². The summed E-state index contributed by atoms with van der Waals surface area (Å²) in [6.07, 6.45) is 0.842. The number of likely N-dealkylation sites (N-methyl/N-ethyl adjacent to an activating group) is 1. The molecule has 0 aliphatic carbocycles. The molecule has 0 saturated carbocycles. The highest BCUT2D eigenvalue weighted by molar-refractivity contribution is 6.30. The van der Waals surface area contributed by atoms with Gasteiger partial charge in [-0.3, -0.25) is 0 Å². The van der Waals surface area contributed by atoms with Crippen LogP contribution >= 0.6 is 11.6 Å². The summed E-state index contributed by atoms with van der Waals surface area (Å²) >= 11 is 6.32. The highest BCUT2D eigenvalue weighted by Gasteiger charge is 2.14. The van der Waals surface area contributed by atoms with E-state index in [4.69, 9.17) is 11.6 Å². The SMILES string of the molecule is CNCCc1nc(-c2ccccc2C)n(C)c1Cl. The Hall–Kier alpha value is -1.32. The lowest BCUT2D eigenvalue weighted by Crippen LogP contribution is -2.10. The molecule has 1 aromatic carbocycles. The van der Waals surface area contributed by atoms with Gasteiger partial charge in [0.1, 0.15) is 11.0 Å². The van der Waals surface area contributed by atoms with Crippen LogP contribution in [0.4, 0.5) is 0 Å². The van der Waals surface area contributed by atoms with E-state index in [-0.39, 0.29) is 0 Å². The summed E-state index contributed by atoms with van der Waals surface area (Å²) in [5, 5.41) is 3.84. The van der Waals surface area contributed by atoms with Crippen LogP contribution in [0.1, 0.15) is 11.3 Å². The van der Waals surface area contributed by atoms with Crippen molar-refractivity contribution >= 4 is 11.6 Å². The Morgan fingerprint density at radius 2 is 2.06 bits per heavy atom. The molecule has 0 aliphatic heterocycles. The molecule has 0 radical (unpaired) electrons. The molecule has 3 nitrogen and oxygen atoms in total. The first kappa shape index (κ1) is 13.1. The maximum absolute atomic E-state index is 6.32. The van der Waals surface area contributed by atoms with Crippen LogP contribution in [0.5, 0.6) is 0 Å². The molecule has 18 heavy (non-hydrogen) atoms. The van der Waals surface area contributed by atoms with E-state index < -0.39 is 0 Å². The van der Waals surface area contributed by atoms with E-state index in [9.17, 15) is 0 Å². The molecule has 0 unspecified atom stereocenters. The lowest BCUT2D eigenvalue weighted by Gasteiger charge is -2.05. The van der Waals surface area contributed by atoms with Gasteiger partial charge in [-0.15, -0.1) is 0 Å². The van der Waals surface area contributed by atoms with Crippen molar-refractivity contribution in [3.8, 4) is 11.4 Å². The van der Waals surface area contributed by atoms with E-state index in [1.807, 2.05) is 30.8 Å². The summed E-state index contributed by atoms with van der Waals surface area (Å²) < 4.78 is 1.95. The van der Waals surface area contributed by atoms with Crippen molar-refractivity contribution in [3.63, 3.8) is 0 Å². The average Bonchev–Trinajstić information content (AvgIpc) is 2.65. The predicted octanol–water partition coefficient (Wildman–Crippen LogP) is 2.81. The van der Waals surface area contributed by atoms with Crippen LogP contribution < -0.4 is 5.32 Å². The smallest absolute Gasteiger partial charge is 0.141 e. The Bertz CT molecular complexity index is 546. The minimum atomic E-state index is 0.725. The maximum Gasteiger partial charge on any atom is 0.141 e. The van der Waals surface area contributed by atoms with Crippen molar-refractivity contribution in [1.29, 1.82) is 0 Å². The normalized spacial score (nSPS) is 10.9. The standard InChI is InChI=1S/C14H18ClN3/c1-10-6-4-5-7-11(10)14-17-12(8-9-16-2)13(15)18(14)3/h4-7,16H,8-9H2,1-3H3. The molecule has 0 saturated heterocycles. The quantitative estimate of drug-likeness (QED) is 0.919. The number of hydrogen-bond acceptors (Lipinski definition) is 2. The molecule has 96 valence electrons. The first-order valence-electron chi connectivity index (χ1n) is 6.07. The van der Waals surface area contributed by atoms with Crippen LogP contribution in [0, 0.1) is 6.92 Å². The number of halogens is 1. The van der Waals surface area contributed by atoms with Gasteiger partial charge in [0.25, 0.3) is 0 Å². The van der Waals surface area contributed by atoms with Crippen molar-refractivity contribution < 1.29 is 0 Å². The molecule has 0 amide bonds. The highest BCUT2D eigenvalue weighted by atomic mass is 35.5. The zero-order chi connectivity index (χ0) is 13.1. The lowest BCUT2D eigenvalue weighted by molar-refractivity contribution is 0.779. The van der Waals surface area contributed by atoms with Gasteiger partial charge >= 0.3 is 0 Å². The molecule has 1 N–H and O–H groups in total. The zero-order valence-corrected chi connectivity index (χ0v) is 11.8. The molecule has 0 fully saturated rings. The van der Waals surface area contributed by atoms with Crippen molar-refractivity contribution in [1.82, 2.24) is 14.9 Å². The molecule has 4 heteroatoms. The second-order valence-electron chi connectivity index (χ2n) is 4.40. The summed E-state index contributed by atoms with van der Waals surface area (Å²) in [6, 6.07) is 8.23. The third-order valence-electron chi connectivity index (χ3n) is 3.09. The second kappa shape index (κ2) is 5.55. The number of aromatic nitrogens is 2. The van der Waals surface area contributed by atoms with Gasteiger partial charge in [0.2, 0.25) is 0 Å². The van der Waals surface area contributed by atoms with Crippen LogP contribution in [0.15, 0.2) is 24.3 Å². The predicted molar refractivity (Wildman–Crippen MR) is 76.0 cm³/mol. The number of rotatable bonds is 4. The molecular weight excluding hydrogens is 246 g/mol. The van der Waals surface area contributed by atoms with E-state index in [2.05, 4.69) is 29.4 Å². The van der Waals surface area contributed by atoms with E-state index >= 15 is 0 Å². The van der Waals surface area contributed by atoms with Crippen LogP contribution in [0.2, 0.25) is 5.15 Å². The van der Waals surface area contributed by atoms with Gasteiger partial charge in [-0.2, -0.15) is 0 Å². The molecular formula is C14H18ClN3. The molecule has 2 rings (SSSR count). The summed E-state index contributed by atoms with van der Waals surface area (Å²) in [6.45, 7) is 2.97.